The SMILES string of the molecule is CC1=CCCC2(C)C(CCC2(O)CN(CC2CCC3CC2C3(C)C)C(=O)NC(C)C)c2ccc(cc2C(=O)c2ccccc2-c2ccccc2)CC(O)CC1. The van der Waals surface area contributed by atoms with Crippen LogP contribution in [0.4, 0.5) is 4.79 Å². The highest BCUT2D eigenvalue weighted by atomic mass is 16.3. The molecule has 4 bridgehead atoms. The van der Waals surface area contributed by atoms with Crippen LogP contribution in [0.25, 0.3) is 11.1 Å². The first-order valence-electron chi connectivity index (χ1n) is 21.1. The number of allylic oxidation sites excluding steroid dienone is 2. The van der Waals surface area contributed by atoms with E-state index in [1.54, 1.807) is 0 Å². The van der Waals surface area contributed by atoms with Crippen molar-refractivity contribution in [3.8, 4) is 11.1 Å². The summed E-state index contributed by atoms with van der Waals surface area (Å²) in [5, 5.41) is 27.6. The fraction of sp³-hybridized carbons (Fsp3) is 0.551. The molecule has 3 N–H and O–H groups in total. The van der Waals surface area contributed by atoms with Crippen LogP contribution in [0.1, 0.15) is 132 Å². The largest absolute Gasteiger partial charge is 0.393 e. The molecular weight excluding hydrogens is 681 g/mol. The topological polar surface area (TPSA) is 89.9 Å². The molecule has 7 unspecified atom stereocenters. The summed E-state index contributed by atoms with van der Waals surface area (Å²) in [4.78, 5) is 31.1. The predicted octanol–water partition coefficient (Wildman–Crippen LogP) is 10.1. The molecule has 0 heterocycles. The number of nitrogens with zero attached hydrogens (tertiary/aromatic N) is 1. The number of hydrogen-bond acceptors (Lipinski definition) is 4. The lowest BCUT2D eigenvalue weighted by molar-refractivity contribution is -0.117. The van der Waals surface area contributed by atoms with Crippen LogP contribution in [0.15, 0.2) is 84.4 Å². The number of nitrogens with one attached hydrogen (secondary N) is 1. The summed E-state index contributed by atoms with van der Waals surface area (Å²) in [6.07, 6.45) is 9.99. The number of benzene rings is 3. The normalized spacial score (nSPS) is 30.1. The smallest absolute Gasteiger partial charge is 0.317 e. The maximum Gasteiger partial charge on any atom is 0.317 e. The van der Waals surface area contributed by atoms with Crippen LogP contribution in [0.3, 0.4) is 0 Å². The predicted molar refractivity (Wildman–Crippen MR) is 222 cm³/mol. The molecule has 0 radical (unpaired) electrons. The number of hydrogen-bond donors (Lipinski definition) is 3. The minimum Gasteiger partial charge on any atom is -0.393 e. The van der Waals surface area contributed by atoms with Gasteiger partial charge in [-0.2, -0.15) is 0 Å². The molecule has 0 aliphatic heterocycles. The van der Waals surface area contributed by atoms with E-state index in [0.29, 0.717) is 67.0 Å². The molecule has 4 fully saturated rings. The molecule has 9 rings (SSSR count). The van der Waals surface area contributed by atoms with Crippen molar-refractivity contribution >= 4 is 11.8 Å². The summed E-state index contributed by atoms with van der Waals surface area (Å²) < 4.78 is 0. The Morgan fingerprint density at radius 3 is 2.38 bits per heavy atom. The second-order valence-electron chi connectivity index (χ2n) is 18.9. The number of aliphatic hydroxyl groups is 2. The van der Waals surface area contributed by atoms with Crippen molar-refractivity contribution in [1.29, 1.82) is 0 Å². The van der Waals surface area contributed by atoms with Gasteiger partial charge < -0.3 is 20.4 Å². The molecular formula is C49H64N2O4. The van der Waals surface area contributed by atoms with Crippen molar-refractivity contribution in [2.24, 2.45) is 28.6 Å². The van der Waals surface area contributed by atoms with Gasteiger partial charge in [0, 0.05) is 29.1 Å². The maximum atomic E-state index is 15.0. The lowest BCUT2D eigenvalue weighted by Gasteiger charge is -2.60. The molecule has 3 aromatic rings. The molecule has 6 aliphatic carbocycles. The summed E-state index contributed by atoms with van der Waals surface area (Å²) in [7, 11) is 0. The number of ketones is 1. The van der Waals surface area contributed by atoms with E-state index in [4.69, 9.17) is 0 Å². The molecule has 6 nitrogen and oxygen atoms in total. The number of amides is 2. The Morgan fingerprint density at radius 2 is 1.65 bits per heavy atom. The quantitative estimate of drug-likeness (QED) is 0.158. The molecule has 55 heavy (non-hydrogen) atoms. The Kier molecular flexibility index (Phi) is 11.2. The second kappa shape index (κ2) is 15.7. The van der Waals surface area contributed by atoms with Gasteiger partial charge in [0.05, 0.1) is 18.2 Å². The first-order chi connectivity index (χ1) is 26.2. The fourth-order valence-corrected chi connectivity index (χ4v) is 11.2. The molecule has 6 heteroatoms. The summed E-state index contributed by atoms with van der Waals surface area (Å²) in [6, 6.07) is 24.0. The number of carbonyl (C=O) groups excluding carboxylic acids is 2. The molecule has 4 saturated carbocycles. The van der Waals surface area contributed by atoms with E-state index >= 15 is 4.79 Å². The first-order valence-corrected chi connectivity index (χ1v) is 21.1. The van der Waals surface area contributed by atoms with Gasteiger partial charge in [0.1, 0.15) is 0 Å². The third-order valence-corrected chi connectivity index (χ3v) is 14.8. The van der Waals surface area contributed by atoms with Gasteiger partial charge in [-0.3, -0.25) is 4.79 Å². The van der Waals surface area contributed by atoms with Crippen LogP contribution in [0.2, 0.25) is 0 Å². The maximum absolute atomic E-state index is 15.0. The highest BCUT2D eigenvalue weighted by molar-refractivity contribution is 6.13. The van der Waals surface area contributed by atoms with Crippen LogP contribution in [0, 0.1) is 28.6 Å². The van der Waals surface area contributed by atoms with Gasteiger partial charge >= 0.3 is 6.03 Å². The molecule has 294 valence electrons. The van der Waals surface area contributed by atoms with Crippen molar-refractivity contribution in [3.63, 3.8) is 0 Å². The van der Waals surface area contributed by atoms with E-state index in [2.05, 4.69) is 51.2 Å². The summed E-state index contributed by atoms with van der Waals surface area (Å²) >= 11 is 0. The number of fused-ring (bicyclic) bond motifs is 10. The van der Waals surface area contributed by atoms with Gasteiger partial charge in [0.25, 0.3) is 0 Å². The van der Waals surface area contributed by atoms with Crippen LogP contribution in [0.5, 0.6) is 0 Å². The minimum atomic E-state index is -1.17. The number of carbonyl (C=O) groups is 2. The monoisotopic (exact) mass is 744 g/mol. The zero-order valence-corrected chi connectivity index (χ0v) is 34.1. The standard InChI is InChI=1S/C49H64N2O4/c1-32(2)50-46(54)51(30-36-20-21-37-29-44(36)47(37,4)5)31-49(55)26-24-43-40-23-19-34(27-38(52)22-18-33(3)13-12-25-48(43,49)6)28-42(40)45(53)41-17-11-10-16-39(41)35-14-8-7-9-15-35/h7-11,13-17,19,23,28,32,36-38,43-44,52,55H,12,18,20-22,24-27,29-31H2,1-6H3,(H,50,54). The molecule has 7 atom stereocenters. The van der Waals surface area contributed by atoms with E-state index in [0.717, 1.165) is 47.4 Å². The Bertz CT molecular complexity index is 1900. The number of urea groups is 1. The van der Waals surface area contributed by atoms with Gasteiger partial charge in [-0.1, -0.05) is 99.2 Å². The number of aliphatic hydroxyl groups excluding tert-OH is 1. The van der Waals surface area contributed by atoms with Crippen molar-refractivity contribution < 1.29 is 19.8 Å². The molecule has 3 aromatic carbocycles. The van der Waals surface area contributed by atoms with Crippen molar-refractivity contribution in [1.82, 2.24) is 10.2 Å². The average Bonchev–Trinajstić information content (AvgIpc) is 3.41. The van der Waals surface area contributed by atoms with Crippen molar-refractivity contribution in [3.05, 3.63) is 107 Å². The van der Waals surface area contributed by atoms with E-state index < -0.39 is 17.1 Å². The van der Waals surface area contributed by atoms with Crippen LogP contribution in [-0.4, -0.2) is 57.8 Å². The Hall–Kier alpha value is -3.74. The van der Waals surface area contributed by atoms with Crippen LogP contribution < -0.4 is 5.32 Å². The Labute approximate surface area is 329 Å². The van der Waals surface area contributed by atoms with E-state index in [9.17, 15) is 15.0 Å². The van der Waals surface area contributed by atoms with Gasteiger partial charge in [-0.25, -0.2) is 4.79 Å². The summed E-state index contributed by atoms with van der Waals surface area (Å²) in [5.41, 5.74) is 4.80. The van der Waals surface area contributed by atoms with Crippen molar-refractivity contribution in [2.75, 3.05) is 13.1 Å². The van der Waals surface area contributed by atoms with Gasteiger partial charge in [0.2, 0.25) is 0 Å². The van der Waals surface area contributed by atoms with E-state index in [-0.39, 0.29) is 30.3 Å². The van der Waals surface area contributed by atoms with Crippen LogP contribution >= 0.6 is 0 Å². The zero-order chi connectivity index (χ0) is 39.1. The third-order valence-electron chi connectivity index (χ3n) is 14.8. The zero-order valence-electron chi connectivity index (χ0n) is 34.1. The van der Waals surface area contributed by atoms with Crippen molar-refractivity contribution in [2.45, 2.75) is 129 Å². The van der Waals surface area contributed by atoms with Gasteiger partial charge in [-0.15, -0.1) is 0 Å². The summed E-state index contributed by atoms with van der Waals surface area (Å²) in [5.74, 6) is 1.62. The third kappa shape index (κ3) is 7.70. The molecule has 0 aromatic heterocycles. The molecule has 2 amide bonds. The molecule has 6 aliphatic rings. The molecule has 0 spiro atoms. The lowest BCUT2D eigenvalue weighted by Crippen LogP contribution is -2.59. The number of rotatable bonds is 8. The minimum absolute atomic E-state index is 0.0146. The average molecular weight is 745 g/mol. The first kappa shape index (κ1) is 39.5. The van der Waals surface area contributed by atoms with Crippen LogP contribution in [-0.2, 0) is 6.42 Å². The van der Waals surface area contributed by atoms with Gasteiger partial charge in [-0.05, 0) is 142 Å². The molecule has 0 saturated heterocycles. The lowest BCUT2D eigenvalue weighted by atomic mass is 9.45. The Morgan fingerprint density at radius 1 is 0.909 bits per heavy atom. The van der Waals surface area contributed by atoms with E-state index in [1.807, 2.05) is 79.4 Å². The van der Waals surface area contributed by atoms with Gasteiger partial charge in [0.15, 0.2) is 5.78 Å². The highest BCUT2D eigenvalue weighted by Gasteiger charge is 2.59. The summed E-state index contributed by atoms with van der Waals surface area (Å²) in [6.45, 7) is 14.1. The van der Waals surface area contributed by atoms with E-state index in [1.165, 1.54) is 18.4 Å². The second-order valence-corrected chi connectivity index (χ2v) is 18.9. The fourth-order valence-electron chi connectivity index (χ4n) is 11.2. The highest BCUT2D eigenvalue weighted by Crippen LogP contribution is 2.62. The Balaban J connectivity index is 1.30.